The molecule has 0 saturated carbocycles. The summed E-state index contributed by atoms with van der Waals surface area (Å²) in [5.74, 6) is 0.466. The van der Waals surface area contributed by atoms with Gasteiger partial charge >= 0.3 is 0 Å². The highest BCUT2D eigenvalue weighted by atomic mass is 16.5. The summed E-state index contributed by atoms with van der Waals surface area (Å²) in [7, 11) is 0. The fourth-order valence-corrected chi connectivity index (χ4v) is 3.04. The predicted octanol–water partition coefficient (Wildman–Crippen LogP) is 2.80. The third-order valence-corrected chi connectivity index (χ3v) is 3.79. The van der Waals surface area contributed by atoms with Gasteiger partial charge in [-0.05, 0) is 30.5 Å². The number of benzene rings is 1. The summed E-state index contributed by atoms with van der Waals surface area (Å²) in [5.41, 5.74) is 2.47. The van der Waals surface area contributed by atoms with Gasteiger partial charge in [-0.25, -0.2) is 0 Å². The van der Waals surface area contributed by atoms with Gasteiger partial charge in [0, 0.05) is 18.4 Å². The van der Waals surface area contributed by atoms with Gasteiger partial charge < -0.3 is 4.74 Å². The first-order chi connectivity index (χ1) is 8.31. The van der Waals surface area contributed by atoms with Crippen molar-refractivity contribution in [3.8, 4) is 0 Å². The van der Waals surface area contributed by atoms with E-state index in [0.717, 1.165) is 6.42 Å². The minimum absolute atomic E-state index is 0.00208. The molecule has 0 amide bonds. The molecule has 0 aromatic heterocycles. The molecule has 1 aromatic rings. The molecule has 2 heteroatoms. The molecule has 0 fully saturated rings. The van der Waals surface area contributed by atoms with Gasteiger partial charge in [0.15, 0.2) is 5.78 Å². The van der Waals surface area contributed by atoms with E-state index in [4.69, 9.17) is 4.74 Å². The first-order valence-corrected chi connectivity index (χ1v) is 6.23. The van der Waals surface area contributed by atoms with E-state index < -0.39 is 0 Å². The monoisotopic (exact) mass is 228 g/mol. The lowest BCUT2D eigenvalue weighted by Crippen LogP contribution is -2.30. The Morgan fingerprint density at radius 1 is 1.29 bits per heavy atom. The van der Waals surface area contributed by atoms with Crippen LogP contribution in [0.5, 0.6) is 0 Å². The lowest BCUT2D eigenvalue weighted by atomic mass is 9.76. The van der Waals surface area contributed by atoms with Crippen molar-refractivity contribution < 1.29 is 9.53 Å². The Hall–Kier alpha value is -1.41. The molecule has 2 bridgehead atoms. The van der Waals surface area contributed by atoms with Gasteiger partial charge in [0.2, 0.25) is 0 Å². The van der Waals surface area contributed by atoms with Gasteiger partial charge in [-0.3, -0.25) is 4.79 Å². The van der Waals surface area contributed by atoms with Gasteiger partial charge in [-0.15, -0.1) is 0 Å². The Bertz CT molecular complexity index is 476. The van der Waals surface area contributed by atoms with Crippen LogP contribution >= 0.6 is 0 Å². The number of ketones is 1. The van der Waals surface area contributed by atoms with Gasteiger partial charge in [0.1, 0.15) is 0 Å². The van der Waals surface area contributed by atoms with Crippen molar-refractivity contribution in [1.29, 1.82) is 0 Å². The molecule has 3 aliphatic rings. The molecule has 3 atom stereocenters. The van der Waals surface area contributed by atoms with E-state index in [-0.39, 0.29) is 23.7 Å². The van der Waals surface area contributed by atoms with Crippen LogP contribution in [0.3, 0.4) is 0 Å². The number of carbonyl (C=O) groups is 1. The molecule has 4 rings (SSSR count). The summed E-state index contributed by atoms with van der Waals surface area (Å²) in [6.45, 7) is 2.72. The molecule has 0 heterocycles. The standard InChI is InChI=1S/C15H16O2/c1-2-17-15-9-13-11-6-4-3-5-10(11)12(15)7-8-14(13)16/h3-8,12-13,15H,2,9H2,1H3/t12-,13-,15-/m0/s1. The average Bonchev–Trinajstić information content (AvgIpc) is 2.59. The Labute approximate surface area is 101 Å². The summed E-state index contributed by atoms with van der Waals surface area (Å²) < 4.78 is 5.80. The molecule has 0 radical (unpaired) electrons. The SMILES string of the molecule is CCO[C@H]1C[C@@H]2C(=O)C=C[C@H]1c1ccccc12. The molecule has 0 spiro atoms. The highest BCUT2D eigenvalue weighted by molar-refractivity contribution is 5.97. The number of carbonyl (C=O) groups excluding carboxylic acids is 1. The number of allylic oxidation sites excluding steroid dienone is 1. The van der Waals surface area contributed by atoms with E-state index in [2.05, 4.69) is 12.1 Å². The second-order valence-electron chi connectivity index (χ2n) is 4.70. The second kappa shape index (κ2) is 4.11. The van der Waals surface area contributed by atoms with Crippen molar-refractivity contribution in [2.75, 3.05) is 6.61 Å². The fraction of sp³-hybridized carbons (Fsp3) is 0.400. The fourth-order valence-electron chi connectivity index (χ4n) is 3.04. The minimum atomic E-state index is -0.00208. The molecule has 0 unspecified atom stereocenters. The Kier molecular flexibility index (Phi) is 2.60. The molecular weight excluding hydrogens is 212 g/mol. The van der Waals surface area contributed by atoms with Crippen LogP contribution in [0.1, 0.15) is 36.3 Å². The van der Waals surface area contributed by atoms with E-state index in [0.29, 0.717) is 6.61 Å². The van der Waals surface area contributed by atoms with Crippen LogP contribution in [0.15, 0.2) is 36.4 Å². The van der Waals surface area contributed by atoms with Crippen LogP contribution in [0.25, 0.3) is 0 Å². The molecule has 17 heavy (non-hydrogen) atoms. The first-order valence-electron chi connectivity index (χ1n) is 6.23. The zero-order valence-electron chi connectivity index (χ0n) is 9.93. The van der Waals surface area contributed by atoms with Crippen LogP contribution in [-0.4, -0.2) is 18.5 Å². The minimum Gasteiger partial charge on any atom is -0.378 e. The van der Waals surface area contributed by atoms with Crippen molar-refractivity contribution >= 4 is 5.78 Å². The van der Waals surface area contributed by atoms with Crippen molar-refractivity contribution in [1.82, 2.24) is 0 Å². The highest BCUT2D eigenvalue weighted by Crippen LogP contribution is 2.43. The number of ether oxygens (including phenoxy) is 1. The summed E-state index contributed by atoms with van der Waals surface area (Å²) >= 11 is 0. The lowest BCUT2D eigenvalue weighted by molar-refractivity contribution is -0.116. The molecule has 2 nitrogen and oxygen atoms in total. The van der Waals surface area contributed by atoms with Crippen molar-refractivity contribution in [3.05, 3.63) is 47.5 Å². The summed E-state index contributed by atoms with van der Waals surface area (Å²) in [6, 6.07) is 8.27. The Balaban J connectivity index is 2.10. The van der Waals surface area contributed by atoms with E-state index in [1.54, 1.807) is 6.08 Å². The van der Waals surface area contributed by atoms with Crippen LogP contribution in [0.2, 0.25) is 0 Å². The maximum Gasteiger partial charge on any atom is 0.162 e. The predicted molar refractivity (Wildman–Crippen MR) is 66.1 cm³/mol. The molecular formula is C15H16O2. The lowest BCUT2D eigenvalue weighted by Gasteiger charge is -2.33. The maximum atomic E-state index is 12.0. The largest absolute Gasteiger partial charge is 0.378 e. The third-order valence-electron chi connectivity index (χ3n) is 3.79. The van der Waals surface area contributed by atoms with E-state index in [1.807, 2.05) is 25.1 Å². The van der Waals surface area contributed by atoms with Crippen LogP contribution < -0.4 is 0 Å². The summed E-state index contributed by atoms with van der Waals surface area (Å²) in [4.78, 5) is 12.0. The molecule has 0 N–H and O–H groups in total. The maximum absolute atomic E-state index is 12.0. The second-order valence-corrected chi connectivity index (χ2v) is 4.70. The molecule has 3 aliphatic carbocycles. The van der Waals surface area contributed by atoms with Crippen molar-refractivity contribution in [2.45, 2.75) is 31.3 Å². The van der Waals surface area contributed by atoms with Gasteiger partial charge in [0.05, 0.1) is 6.10 Å². The van der Waals surface area contributed by atoms with Crippen molar-refractivity contribution in [3.63, 3.8) is 0 Å². The number of fused-ring (bicyclic) bond motifs is 2. The number of rotatable bonds is 2. The number of hydrogen-bond acceptors (Lipinski definition) is 2. The van der Waals surface area contributed by atoms with Gasteiger partial charge in [-0.1, -0.05) is 30.3 Å². The Morgan fingerprint density at radius 3 is 2.82 bits per heavy atom. The quantitative estimate of drug-likeness (QED) is 0.778. The molecule has 88 valence electrons. The van der Waals surface area contributed by atoms with E-state index >= 15 is 0 Å². The number of hydrogen-bond donors (Lipinski definition) is 0. The molecule has 1 aromatic carbocycles. The van der Waals surface area contributed by atoms with Gasteiger partial charge in [-0.2, -0.15) is 0 Å². The molecule has 0 saturated heterocycles. The Morgan fingerprint density at radius 2 is 2.06 bits per heavy atom. The van der Waals surface area contributed by atoms with Crippen LogP contribution in [-0.2, 0) is 9.53 Å². The van der Waals surface area contributed by atoms with E-state index in [9.17, 15) is 4.79 Å². The first kappa shape index (κ1) is 10.7. The average molecular weight is 228 g/mol. The highest BCUT2D eigenvalue weighted by Gasteiger charge is 2.38. The smallest absolute Gasteiger partial charge is 0.162 e. The van der Waals surface area contributed by atoms with Crippen molar-refractivity contribution in [2.24, 2.45) is 0 Å². The summed E-state index contributed by atoms with van der Waals surface area (Å²) in [5, 5.41) is 0. The van der Waals surface area contributed by atoms with Gasteiger partial charge in [0.25, 0.3) is 0 Å². The van der Waals surface area contributed by atoms with Crippen LogP contribution in [0.4, 0.5) is 0 Å². The van der Waals surface area contributed by atoms with E-state index in [1.165, 1.54) is 11.1 Å². The van der Waals surface area contributed by atoms with Crippen LogP contribution in [0, 0.1) is 0 Å². The summed E-state index contributed by atoms with van der Waals surface area (Å²) in [6.07, 6.45) is 4.74. The topological polar surface area (TPSA) is 26.3 Å². The normalized spacial score (nSPS) is 30.2. The zero-order chi connectivity index (χ0) is 11.8. The zero-order valence-corrected chi connectivity index (χ0v) is 9.93. The molecule has 0 aliphatic heterocycles. The third kappa shape index (κ3) is 1.64.